The van der Waals surface area contributed by atoms with Gasteiger partial charge in [0.25, 0.3) is 0 Å². The van der Waals surface area contributed by atoms with Crippen LogP contribution < -0.4 is 0 Å². The topological polar surface area (TPSA) is 25.2 Å². The Morgan fingerprint density at radius 2 is 1.43 bits per heavy atom. The highest BCUT2D eigenvalue weighted by Gasteiger charge is 2.12. The van der Waals surface area contributed by atoms with Crippen molar-refractivity contribution in [1.82, 2.24) is 4.57 Å². The Hall–Kier alpha value is -2.74. The largest absolute Gasteiger partial charge is 0.508 e. The quantitative estimate of drug-likeness (QED) is 0.529. The molecule has 4 rings (SSSR count). The summed E-state index contributed by atoms with van der Waals surface area (Å²) in [4.78, 5) is 0. The molecular formula is C19H15NO. The van der Waals surface area contributed by atoms with Crippen LogP contribution in [-0.2, 0) is 0 Å². The van der Waals surface area contributed by atoms with Gasteiger partial charge in [0.2, 0.25) is 0 Å². The number of aryl methyl sites for hydroxylation is 1. The van der Waals surface area contributed by atoms with Crippen molar-refractivity contribution in [2.75, 3.05) is 0 Å². The summed E-state index contributed by atoms with van der Waals surface area (Å²) >= 11 is 0. The summed E-state index contributed by atoms with van der Waals surface area (Å²) in [5, 5.41) is 12.1. The van der Waals surface area contributed by atoms with Crippen LogP contribution in [0.25, 0.3) is 27.5 Å². The molecule has 0 fully saturated rings. The van der Waals surface area contributed by atoms with Crippen LogP contribution in [0, 0.1) is 6.92 Å². The molecule has 0 saturated carbocycles. The third-order valence-corrected chi connectivity index (χ3v) is 3.92. The van der Waals surface area contributed by atoms with Crippen molar-refractivity contribution in [2.24, 2.45) is 0 Å². The zero-order valence-corrected chi connectivity index (χ0v) is 11.7. The number of nitrogens with zero attached hydrogens (tertiary/aromatic N) is 1. The average molecular weight is 273 g/mol. The van der Waals surface area contributed by atoms with Crippen LogP contribution in [0.2, 0.25) is 0 Å². The first-order valence-electron chi connectivity index (χ1n) is 7.03. The van der Waals surface area contributed by atoms with E-state index in [9.17, 15) is 5.11 Å². The van der Waals surface area contributed by atoms with E-state index in [0.717, 1.165) is 22.1 Å². The molecule has 0 aliphatic carbocycles. The second kappa shape index (κ2) is 4.38. The number of fused-ring (bicyclic) bond motifs is 3. The third kappa shape index (κ3) is 1.80. The summed E-state index contributed by atoms with van der Waals surface area (Å²) in [6.45, 7) is 2.09. The molecule has 3 aromatic carbocycles. The minimum Gasteiger partial charge on any atom is -0.508 e. The molecule has 0 unspecified atom stereocenters. The number of para-hydroxylation sites is 1. The summed E-state index contributed by atoms with van der Waals surface area (Å²) in [5.41, 5.74) is 4.62. The highest BCUT2D eigenvalue weighted by atomic mass is 16.3. The lowest BCUT2D eigenvalue weighted by molar-refractivity contribution is 0.476. The fourth-order valence-corrected chi connectivity index (χ4v) is 2.98. The molecule has 2 heteroatoms. The van der Waals surface area contributed by atoms with E-state index in [-0.39, 0.29) is 0 Å². The van der Waals surface area contributed by atoms with Crippen LogP contribution in [0.3, 0.4) is 0 Å². The summed E-state index contributed by atoms with van der Waals surface area (Å²) in [7, 11) is 0. The maximum absolute atomic E-state index is 9.83. The molecule has 0 saturated heterocycles. The SMILES string of the molecule is Cc1ccc2c(c1)c1cc(O)ccc1n2-c1ccccc1. The lowest BCUT2D eigenvalue weighted by Crippen LogP contribution is -1.92. The predicted molar refractivity (Wildman–Crippen MR) is 87.2 cm³/mol. The summed E-state index contributed by atoms with van der Waals surface area (Å²) < 4.78 is 2.24. The van der Waals surface area contributed by atoms with E-state index < -0.39 is 0 Å². The molecular weight excluding hydrogens is 258 g/mol. The maximum atomic E-state index is 9.83. The predicted octanol–water partition coefficient (Wildman–Crippen LogP) is 4.80. The van der Waals surface area contributed by atoms with E-state index in [1.165, 1.54) is 10.9 Å². The maximum Gasteiger partial charge on any atom is 0.116 e. The van der Waals surface area contributed by atoms with Crippen molar-refractivity contribution in [3.8, 4) is 11.4 Å². The van der Waals surface area contributed by atoms with Gasteiger partial charge in [0.1, 0.15) is 5.75 Å². The normalized spacial score (nSPS) is 11.3. The van der Waals surface area contributed by atoms with E-state index in [1.807, 2.05) is 30.3 Å². The van der Waals surface area contributed by atoms with Crippen molar-refractivity contribution < 1.29 is 5.11 Å². The lowest BCUT2D eigenvalue weighted by atomic mass is 10.1. The Kier molecular flexibility index (Phi) is 2.51. The Morgan fingerprint density at radius 3 is 2.19 bits per heavy atom. The summed E-state index contributed by atoms with van der Waals surface area (Å²) in [6.07, 6.45) is 0. The molecule has 0 atom stereocenters. The molecule has 1 heterocycles. The average Bonchev–Trinajstić information content (AvgIpc) is 2.81. The second-order valence-corrected chi connectivity index (χ2v) is 5.39. The van der Waals surface area contributed by atoms with Crippen LogP contribution >= 0.6 is 0 Å². The number of aromatic nitrogens is 1. The number of rotatable bonds is 1. The first kappa shape index (κ1) is 12.0. The Balaban J connectivity index is 2.22. The first-order chi connectivity index (χ1) is 10.2. The number of hydrogen-bond acceptors (Lipinski definition) is 1. The second-order valence-electron chi connectivity index (χ2n) is 5.39. The molecule has 2 nitrogen and oxygen atoms in total. The number of hydrogen-bond donors (Lipinski definition) is 1. The minimum absolute atomic E-state index is 0.302. The van der Waals surface area contributed by atoms with E-state index in [1.54, 1.807) is 6.07 Å². The van der Waals surface area contributed by atoms with Crippen molar-refractivity contribution in [1.29, 1.82) is 0 Å². The van der Waals surface area contributed by atoms with Crippen LogP contribution in [0.5, 0.6) is 5.75 Å². The van der Waals surface area contributed by atoms with Gasteiger partial charge in [-0.3, -0.25) is 0 Å². The van der Waals surface area contributed by atoms with Gasteiger partial charge in [-0.1, -0.05) is 29.8 Å². The minimum atomic E-state index is 0.302. The van der Waals surface area contributed by atoms with Gasteiger partial charge in [-0.05, 0) is 49.4 Å². The van der Waals surface area contributed by atoms with Gasteiger partial charge in [-0.25, -0.2) is 0 Å². The molecule has 21 heavy (non-hydrogen) atoms. The van der Waals surface area contributed by atoms with Gasteiger partial charge in [0.15, 0.2) is 0 Å². The first-order valence-corrected chi connectivity index (χ1v) is 7.03. The molecule has 0 bridgehead atoms. The molecule has 0 spiro atoms. The molecule has 0 amide bonds. The van der Waals surface area contributed by atoms with Gasteiger partial charge in [-0.2, -0.15) is 0 Å². The smallest absolute Gasteiger partial charge is 0.116 e. The van der Waals surface area contributed by atoms with E-state index >= 15 is 0 Å². The molecule has 0 radical (unpaired) electrons. The van der Waals surface area contributed by atoms with E-state index in [2.05, 4.69) is 41.8 Å². The van der Waals surface area contributed by atoms with Gasteiger partial charge in [0.05, 0.1) is 11.0 Å². The van der Waals surface area contributed by atoms with Crippen LogP contribution in [0.15, 0.2) is 66.7 Å². The van der Waals surface area contributed by atoms with Gasteiger partial charge >= 0.3 is 0 Å². The Bertz CT molecular complexity index is 892. The Morgan fingerprint density at radius 1 is 0.762 bits per heavy atom. The molecule has 102 valence electrons. The molecule has 0 aliphatic rings. The van der Waals surface area contributed by atoms with Gasteiger partial charge in [0, 0.05) is 16.5 Å². The number of phenolic OH excluding ortho intramolecular Hbond substituents is 1. The third-order valence-electron chi connectivity index (χ3n) is 3.92. The summed E-state index contributed by atoms with van der Waals surface area (Å²) in [6, 6.07) is 22.3. The Labute approximate surface area is 122 Å². The van der Waals surface area contributed by atoms with Crippen molar-refractivity contribution in [3.63, 3.8) is 0 Å². The fraction of sp³-hybridized carbons (Fsp3) is 0.0526. The number of phenols is 1. The fourth-order valence-electron chi connectivity index (χ4n) is 2.98. The van der Waals surface area contributed by atoms with Gasteiger partial charge in [-0.15, -0.1) is 0 Å². The molecule has 1 N–H and O–H groups in total. The molecule has 0 aliphatic heterocycles. The van der Waals surface area contributed by atoms with E-state index in [4.69, 9.17) is 0 Å². The number of aromatic hydroxyl groups is 1. The zero-order valence-electron chi connectivity index (χ0n) is 11.7. The highest BCUT2D eigenvalue weighted by molar-refractivity contribution is 6.09. The van der Waals surface area contributed by atoms with Gasteiger partial charge < -0.3 is 9.67 Å². The van der Waals surface area contributed by atoms with Crippen LogP contribution in [-0.4, -0.2) is 9.67 Å². The highest BCUT2D eigenvalue weighted by Crippen LogP contribution is 2.34. The van der Waals surface area contributed by atoms with Crippen LogP contribution in [0.1, 0.15) is 5.56 Å². The monoisotopic (exact) mass is 273 g/mol. The van der Waals surface area contributed by atoms with Crippen molar-refractivity contribution >= 4 is 21.8 Å². The molecule has 1 aromatic heterocycles. The van der Waals surface area contributed by atoms with Crippen molar-refractivity contribution in [3.05, 3.63) is 72.3 Å². The van der Waals surface area contributed by atoms with Crippen molar-refractivity contribution in [2.45, 2.75) is 6.92 Å². The molecule has 4 aromatic rings. The standard InChI is InChI=1S/C19H15NO/c1-13-7-9-18-16(11-13)17-12-15(21)8-10-19(17)20(18)14-5-3-2-4-6-14/h2-12,21H,1H3. The van der Waals surface area contributed by atoms with Crippen LogP contribution in [0.4, 0.5) is 0 Å². The summed E-state index contributed by atoms with van der Waals surface area (Å²) in [5.74, 6) is 0.302. The number of benzene rings is 3. The van der Waals surface area contributed by atoms with E-state index in [0.29, 0.717) is 5.75 Å². The lowest BCUT2D eigenvalue weighted by Gasteiger charge is -2.07. The zero-order chi connectivity index (χ0) is 14.4.